The second kappa shape index (κ2) is 12.5. The molecule has 3 heteroatoms. The number of nitrogens with zero attached hydrogens (tertiary/aromatic N) is 2. The van der Waals surface area contributed by atoms with Gasteiger partial charge in [0.15, 0.2) is 0 Å². The van der Waals surface area contributed by atoms with Gasteiger partial charge in [0.25, 0.3) is 0 Å². The molecule has 3 heterocycles. The van der Waals surface area contributed by atoms with E-state index in [4.69, 9.17) is 4.42 Å². The Labute approximate surface area is 328 Å². The molecule has 0 bridgehead atoms. The van der Waals surface area contributed by atoms with Crippen LogP contribution < -0.4 is 0 Å². The van der Waals surface area contributed by atoms with E-state index < -0.39 is 0 Å². The van der Waals surface area contributed by atoms with Crippen molar-refractivity contribution in [3.05, 3.63) is 206 Å². The predicted molar refractivity (Wildman–Crippen MR) is 239 cm³/mol. The molecule has 0 fully saturated rings. The molecule has 3 aromatic heterocycles. The van der Waals surface area contributed by atoms with Crippen LogP contribution in [0.15, 0.2) is 211 Å². The number of para-hydroxylation sites is 5. The third-order valence-electron chi connectivity index (χ3n) is 11.7. The minimum absolute atomic E-state index is 0.885. The van der Waals surface area contributed by atoms with E-state index in [9.17, 15) is 0 Å². The smallest absolute Gasteiger partial charge is 0.143 e. The summed E-state index contributed by atoms with van der Waals surface area (Å²) in [5.74, 6) is 0. The second-order valence-electron chi connectivity index (χ2n) is 14.9. The normalized spacial score (nSPS) is 11.9. The fraction of sp³-hybridized carbons (Fsp3) is 0. The molecule has 0 unspecified atom stereocenters. The Hall–Kier alpha value is -7.62. The standard InChI is InChI=1S/C54H34N2O/c1-2-16-40(17-3-1)55-51-26-9-6-21-45(51)47-33-37(27-29-52(47)55)35-13-10-14-36(31-35)38-28-30-53-48(34-38)46-23-12-22-42(54(46)57-53)39-15-11-18-41(32-39)56-49-24-7-4-19-43(49)44-20-5-8-25-50(44)56/h1-34H. The maximum atomic E-state index is 6.69. The lowest BCUT2D eigenvalue weighted by molar-refractivity contribution is 0.670. The van der Waals surface area contributed by atoms with Crippen LogP contribution in [0.1, 0.15) is 0 Å². The van der Waals surface area contributed by atoms with Crippen molar-refractivity contribution in [3.8, 4) is 44.8 Å². The summed E-state index contributed by atoms with van der Waals surface area (Å²) in [6.45, 7) is 0. The minimum Gasteiger partial charge on any atom is -0.455 e. The van der Waals surface area contributed by atoms with Gasteiger partial charge in [0.05, 0.1) is 22.1 Å². The fourth-order valence-electron chi connectivity index (χ4n) is 9.10. The van der Waals surface area contributed by atoms with E-state index >= 15 is 0 Å². The van der Waals surface area contributed by atoms with E-state index in [1.54, 1.807) is 0 Å². The van der Waals surface area contributed by atoms with Gasteiger partial charge in [-0.2, -0.15) is 0 Å². The van der Waals surface area contributed by atoms with Gasteiger partial charge in [-0.15, -0.1) is 0 Å². The van der Waals surface area contributed by atoms with Crippen LogP contribution in [0, 0.1) is 0 Å². The molecule has 0 atom stereocenters. The summed E-state index contributed by atoms with van der Waals surface area (Å²) in [5.41, 5.74) is 15.8. The quantitative estimate of drug-likeness (QED) is 0.173. The summed E-state index contributed by atoms with van der Waals surface area (Å²) in [6, 6.07) is 74.3. The van der Waals surface area contributed by atoms with Crippen molar-refractivity contribution in [2.24, 2.45) is 0 Å². The van der Waals surface area contributed by atoms with Crippen molar-refractivity contribution in [1.29, 1.82) is 0 Å². The molecule has 0 saturated carbocycles. The lowest BCUT2D eigenvalue weighted by Crippen LogP contribution is -1.94. The minimum atomic E-state index is 0.885. The SMILES string of the molecule is c1ccc(-n2c3ccccc3c3cc(-c4cccc(-c5ccc6oc7c(-c8cccc(-n9c%10ccccc%10c%10ccccc%109)c8)cccc7c6c5)c4)ccc32)cc1. The van der Waals surface area contributed by atoms with Gasteiger partial charge in [0.2, 0.25) is 0 Å². The Balaban J connectivity index is 0.938. The van der Waals surface area contributed by atoms with Crippen molar-refractivity contribution in [1.82, 2.24) is 9.13 Å². The van der Waals surface area contributed by atoms with Gasteiger partial charge in [0, 0.05) is 49.3 Å². The molecule has 12 rings (SSSR count). The zero-order chi connectivity index (χ0) is 37.5. The third kappa shape index (κ3) is 4.92. The first-order valence-corrected chi connectivity index (χ1v) is 19.5. The van der Waals surface area contributed by atoms with Crippen LogP contribution in [0.3, 0.4) is 0 Å². The highest BCUT2D eigenvalue weighted by molar-refractivity contribution is 6.12. The van der Waals surface area contributed by atoms with E-state index in [1.807, 2.05) is 0 Å². The van der Waals surface area contributed by atoms with E-state index in [0.717, 1.165) is 44.3 Å². The van der Waals surface area contributed by atoms with Crippen LogP contribution in [0.25, 0.3) is 110 Å². The molecule has 12 aromatic rings. The summed E-state index contributed by atoms with van der Waals surface area (Å²) >= 11 is 0. The maximum Gasteiger partial charge on any atom is 0.143 e. The Bertz CT molecular complexity index is 3470. The van der Waals surface area contributed by atoms with Gasteiger partial charge in [0.1, 0.15) is 11.2 Å². The molecule has 0 aliphatic heterocycles. The highest BCUT2D eigenvalue weighted by Crippen LogP contribution is 2.40. The average Bonchev–Trinajstić information content (AvgIpc) is 3.94. The van der Waals surface area contributed by atoms with Crippen LogP contribution in [0.4, 0.5) is 0 Å². The van der Waals surface area contributed by atoms with E-state index in [2.05, 4.69) is 215 Å². The number of rotatable bonds is 5. The van der Waals surface area contributed by atoms with Gasteiger partial charge in [-0.05, 0) is 101 Å². The van der Waals surface area contributed by atoms with Crippen molar-refractivity contribution in [2.75, 3.05) is 0 Å². The lowest BCUT2D eigenvalue weighted by Gasteiger charge is -2.10. The van der Waals surface area contributed by atoms with Crippen molar-refractivity contribution < 1.29 is 4.42 Å². The number of furan rings is 1. The summed E-state index contributed by atoms with van der Waals surface area (Å²) in [7, 11) is 0. The van der Waals surface area contributed by atoms with Gasteiger partial charge < -0.3 is 13.6 Å². The molecule has 0 aliphatic rings. The van der Waals surface area contributed by atoms with Gasteiger partial charge >= 0.3 is 0 Å². The number of benzene rings is 9. The van der Waals surface area contributed by atoms with Crippen LogP contribution >= 0.6 is 0 Å². The van der Waals surface area contributed by atoms with Crippen molar-refractivity contribution >= 4 is 65.6 Å². The van der Waals surface area contributed by atoms with Crippen LogP contribution in [0.2, 0.25) is 0 Å². The highest BCUT2D eigenvalue weighted by Gasteiger charge is 2.17. The molecule has 57 heavy (non-hydrogen) atoms. The molecule has 0 amide bonds. The van der Waals surface area contributed by atoms with E-state index in [1.165, 1.54) is 66.0 Å². The first-order valence-electron chi connectivity index (χ1n) is 19.5. The number of fused-ring (bicyclic) bond motifs is 9. The Kier molecular flexibility index (Phi) is 6.93. The molecule has 0 saturated heterocycles. The average molecular weight is 727 g/mol. The first kappa shape index (κ1) is 31.7. The Morgan fingerprint density at radius 1 is 0.281 bits per heavy atom. The lowest BCUT2D eigenvalue weighted by atomic mass is 9.96. The van der Waals surface area contributed by atoms with Crippen molar-refractivity contribution in [2.45, 2.75) is 0 Å². The topological polar surface area (TPSA) is 23.0 Å². The van der Waals surface area contributed by atoms with Crippen LogP contribution in [0.5, 0.6) is 0 Å². The van der Waals surface area contributed by atoms with Crippen molar-refractivity contribution in [3.63, 3.8) is 0 Å². The molecule has 0 spiro atoms. The van der Waals surface area contributed by atoms with E-state index in [-0.39, 0.29) is 0 Å². The van der Waals surface area contributed by atoms with Crippen LogP contribution in [-0.4, -0.2) is 9.13 Å². The number of hydrogen-bond acceptors (Lipinski definition) is 1. The van der Waals surface area contributed by atoms with Gasteiger partial charge in [-0.1, -0.05) is 133 Å². The molecular weight excluding hydrogens is 693 g/mol. The molecule has 0 radical (unpaired) electrons. The zero-order valence-electron chi connectivity index (χ0n) is 30.9. The summed E-state index contributed by atoms with van der Waals surface area (Å²) in [6.07, 6.45) is 0. The third-order valence-corrected chi connectivity index (χ3v) is 11.7. The fourth-order valence-corrected chi connectivity index (χ4v) is 9.10. The Morgan fingerprint density at radius 2 is 0.772 bits per heavy atom. The summed E-state index contributed by atoms with van der Waals surface area (Å²) in [5, 5.41) is 7.25. The van der Waals surface area contributed by atoms with Crippen LogP contribution in [-0.2, 0) is 0 Å². The van der Waals surface area contributed by atoms with E-state index in [0.29, 0.717) is 0 Å². The molecular formula is C54H34N2O. The largest absolute Gasteiger partial charge is 0.455 e. The molecule has 9 aromatic carbocycles. The van der Waals surface area contributed by atoms with Gasteiger partial charge in [-0.3, -0.25) is 0 Å². The number of hydrogen-bond donors (Lipinski definition) is 0. The Morgan fingerprint density at radius 3 is 1.49 bits per heavy atom. The maximum absolute atomic E-state index is 6.69. The van der Waals surface area contributed by atoms with Gasteiger partial charge in [-0.25, -0.2) is 0 Å². The summed E-state index contributed by atoms with van der Waals surface area (Å²) < 4.78 is 11.4. The number of aromatic nitrogens is 2. The zero-order valence-corrected chi connectivity index (χ0v) is 30.9. The molecule has 266 valence electrons. The molecule has 3 nitrogen and oxygen atoms in total. The highest BCUT2D eigenvalue weighted by atomic mass is 16.3. The monoisotopic (exact) mass is 726 g/mol. The second-order valence-corrected chi connectivity index (χ2v) is 14.9. The molecule has 0 aliphatic carbocycles. The first-order chi connectivity index (χ1) is 28.3. The predicted octanol–water partition coefficient (Wildman–Crippen LogP) is 14.8. The summed E-state index contributed by atoms with van der Waals surface area (Å²) in [4.78, 5) is 0. The molecule has 0 N–H and O–H groups in total.